The van der Waals surface area contributed by atoms with E-state index in [0.717, 1.165) is 24.0 Å². The molecule has 2 aromatic carbocycles. The average Bonchev–Trinajstić information content (AvgIpc) is 2.78. The van der Waals surface area contributed by atoms with E-state index < -0.39 is 11.8 Å². The molecule has 158 valence electrons. The van der Waals surface area contributed by atoms with E-state index in [1.54, 1.807) is 17.0 Å². The Bertz CT molecular complexity index is 860. The van der Waals surface area contributed by atoms with Gasteiger partial charge in [-0.25, -0.2) is 4.79 Å². The van der Waals surface area contributed by atoms with E-state index in [-0.39, 0.29) is 12.0 Å². The highest BCUT2D eigenvalue weighted by atomic mass is 16.6. The SMILES string of the molecule is Cc1ccc(CNC(=O)C(=O)NCC2CCN(C(=O)Oc3ccccc3)CC2)cc1. The predicted octanol–water partition coefficient (Wildman–Crippen LogP) is 2.64. The quantitative estimate of drug-likeness (QED) is 0.743. The van der Waals surface area contributed by atoms with Crippen LogP contribution in [0.2, 0.25) is 0 Å². The van der Waals surface area contributed by atoms with Crippen molar-refractivity contribution in [2.75, 3.05) is 19.6 Å². The number of benzene rings is 2. The first kappa shape index (κ1) is 21.4. The maximum absolute atomic E-state index is 12.2. The summed E-state index contributed by atoms with van der Waals surface area (Å²) in [5.74, 6) is -0.527. The van der Waals surface area contributed by atoms with Gasteiger partial charge in [0.05, 0.1) is 0 Å². The Kier molecular flexibility index (Phi) is 7.43. The fraction of sp³-hybridized carbons (Fsp3) is 0.348. The van der Waals surface area contributed by atoms with Crippen LogP contribution in [-0.4, -0.2) is 42.4 Å². The molecule has 0 unspecified atom stereocenters. The van der Waals surface area contributed by atoms with Gasteiger partial charge in [-0.3, -0.25) is 9.59 Å². The van der Waals surface area contributed by atoms with Crippen LogP contribution < -0.4 is 15.4 Å². The van der Waals surface area contributed by atoms with Crippen LogP contribution in [0.25, 0.3) is 0 Å². The lowest BCUT2D eigenvalue weighted by Crippen LogP contribution is -2.45. The maximum atomic E-state index is 12.2. The van der Waals surface area contributed by atoms with Crippen molar-refractivity contribution in [1.82, 2.24) is 15.5 Å². The fourth-order valence-corrected chi connectivity index (χ4v) is 3.26. The molecule has 0 bridgehead atoms. The molecule has 7 nitrogen and oxygen atoms in total. The minimum atomic E-state index is -0.639. The Morgan fingerprint density at radius 1 is 0.933 bits per heavy atom. The van der Waals surface area contributed by atoms with E-state index >= 15 is 0 Å². The number of aryl methyl sites for hydroxylation is 1. The largest absolute Gasteiger partial charge is 0.415 e. The summed E-state index contributed by atoms with van der Waals surface area (Å²) in [6, 6.07) is 16.7. The van der Waals surface area contributed by atoms with Gasteiger partial charge in [0.2, 0.25) is 0 Å². The standard InChI is InChI=1S/C23H27N3O4/c1-17-7-9-18(10-8-17)15-24-21(27)22(28)25-16-19-11-13-26(14-12-19)23(29)30-20-5-3-2-4-6-20/h2-10,19H,11-16H2,1H3,(H,24,27)(H,25,28). The fourth-order valence-electron chi connectivity index (χ4n) is 3.26. The van der Waals surface area contributed by atoms with E-state index in [0.29, 0.717) is 31.9 Å². The number of nitrogens with one attached hydrogen (secondary N) is 2. The second-order valence-electron chi connectivity index (χ2n) is 7.49. The zero-order chi connectivity index (χ0) is 21.3. The van der Waals surface area contributed by atoms with Gasteiger partial charge in [-0.15, -0.1) is 0 Å². The van der Waals surface area contributed by atoms with Crippen LogP contribution in [0.3, 0.4) is 0 Å². The third-order valence-corrected chi connectivity index (χ3v) is 5.15. The molecular weight excluding hydrogens is 382 g/mol. The predicted molar refractivity (Wildman–Crippen MR) is 113 cm³/mol. The van der Waals surface area contributed by atoms with Crippen LogP contribution in [0.1, 0.15) is 24.0 Å². The number of hydrogen-bond acceptors (Lipinski definition) is 4. The van der Waals surface area contributed by atoms with Gasteiger partial charge in [0, 0.05) is 26.2 Å². The normalized spacial score (nSPS) is 14.1. The molecular formula is C23H27N3O4. The summed E-state index contributed by atoms with van der Waals surface area (Å²) < 4.78 is 5.35. The Balaban J connectivity index is 1.34. The zero-order valence-electron chi connectivity index (χ0n) is 17.1. The summed E-state index contributed by atoms with van der Waals surface area (Å²) in [6.45, 7) is 3.84. The van der Waals surface area contributed by atoms with Gasteiger partial charge in [0.1, 0.15) is 5.75 Å². The zero-order valence-corrected chi connectivity index (χ0v) is 17.1. The molecule has 3 amide bonds. The second-order valence-corrected chi connectivity index (χ2v) is 7.49. The molecule has 1 aliphatic rings. The van der Waals surface area contributed by atoms with Crippen molar-refractivity contribution in [3.05, 3.63) is 65.7 Å². The van der Waals surface area contributed by atoms with Crippen molar-refractivity contribution < 1.29 is 19.1 Å². The monoisotopic (exact) mass is 409 g/mol. The van der Waals surface area contributed by atoms with Crippen LogP contribution in [-0.2, 0) is 16.1 Å². The van der Waals surface area contributed by atoms with Crippen molar-refractivity contribution in [1.29, 1.82) is 0 Å². The van der Waals surface area contributed by atoms with E-state index in [1.807, 2.05) is 49.4 Å². The number of nitrogens with zero attached hydrogens (tertiary/aromatic N) is 1. The van der Waals surface area contributed by atoms with Crippen LogP contribution in [0, 0.1) is 12.8 Å². The van der Waals surface area contributed by atoms with Gasteiger partial charge in [-0.2, -0.15) is 0 Å². The molecule has 0 atom stereocenters. The number of amides is 3. The number of para-hydroxylation sites is 1. The average molecular weight is 409 g/mol. The molecule has 1 fully saturated rings. The molecule has 2 N–H and O–H groups in total. The second kappa shape index (κ2) is 10.4. The lowest BCUT2D eigenvalue weighted by Gasteiger charge is -2.31. The number of ether oxygens (including phenoxy) is 1. The number of hydrogen-bond donors (Lipinski definition) is 2. The molecule has 3 rings (SSSR count). The van der Waals surface area contributed by atoms with Crippen molar-refractivity contribution >= 4 is 17.9 Å². The van der Waals surface area contributed by atoms with Gasteiger partial charge in [0.25, 0.3) is 0 Å². The minimum absolute atomic E-state index is 0.222. The Morgan fingerprint density at radius 2 is 1.57 bits per heavy atom. The molecule has 7 heteroatoms. The van der Waals surface area contributed by atoms with Crippen molar-refractivity contribution in [3.8, 4) is 5.75 Å². The highest BCUT2D eigenvalue weighted by Crippen LogP contribution is 2.18. The molecule has 1 heterocycles. The van der Waals surface area contributed by atoms with Crippen LogP contribution in [0.4, 0.5) is 4.79 Å². The molecule has 0 aromatic heterocycles. The first-order valence-electron chi connectivity index (χ1n) is 10.1. The number of rotatable bonds is 5. The number of likely N-dealkylation sites (tertiary alicyclic amines) is 1. The van der Waals surface area contributed by atoms with E-state index in [4.69, 9.17) is 4.74 Å². The first-order valence-corrected chi connectivity index (χ1v) is 10.1. The summed E-state index contributed by atoms with van der Waals surface area (Å²) in [5, 5.41) is 5.33. The van der Waals surface area contributed by atoms with Crippen LogP contribution in [0.5, 0.6) is 5.75 Å². The summed E-state index contributed by atoms with van der Waals surface area (Å²) >= 11 is 0. The lowest BCUT2D eigenvalue weighted by atomic mass is 9.97. The topological polar surface area (TPSA) is 87.7 Å². The van der Waals surface area contributed by atoms with Gasteiger partial charge in [-0.1, -0.05) is 48.0 Å². The molecule has 1 saturated heterocycles. The Labute approximate surface area is 176 Å². The van der Waals surface area contributed by atoms with Crippen LogP contribution >= 0.6 is 0 Å². The van der Waals surface area contributed by atoms with Gasteiger partial charge in [-0.05, 0) is 43.4 Å². The Hall–Kier alpha value is -3.35. The first-order chi connectivity index (χ1) is 14.5. The van der Waals surface area contributed by atoms with Crippen molar-refractivity contribution in [3.63, 3.8) is 0 Å². The van der Waals surface area contributed by atoms with Gasteiger partial charge >= 0.3 is 17.9 Å². The number of carbonyl (C=O) groups excluding carboxylic acids is 3. The summed E-state index contributed by atoms with van der Waals surface area (Å²) in [6.07, 6.45) is 1.13. The third-order valence-electron chi connectivity index (χ3n) is 5.15. The minimum Gasteiger partial charge on any atom is -0.410 e. The Morgan fingerprint density at radius 3 is 2.23 bits per heavy atom. The third kappa shape index (κ3) is 6.34. The van der Waals surface area contributed by atoms with Gasteiger partial charge in [0.15, 0.2) is 0 Å². The summed E-state index contributed by atoms with van der Waals surface area (Å²) in [5.41, 5.74) is 2.08. The number of piperidine rings is 1. The van der Waals surface area contributed by atoms with Crippen molar-refractivity contribution in [2.45, 2.75) is 26.3 Å². The van der Waals surface area contributed by atoms with Crippen LogP contribution in [0.15, 0.2) is 54.6 Å². The van der Waals surface area contributed by atoms with E-state index in [1.165, 1.54) is 0 Å². The smallest absolute Gasteiger partial charge is 0.410 e. The van der Waals surface area contributed by atoms with E-state index in [9.17, 15) is 14.4 Å². The number of carbonyl (C=O) groups is 3. The molecule has 30 heavy (non-hydrogen) atoms. The summed E-state index contributed by atoms with van der Waals surface area (Å²) in [4.78, 5) is 37.9. The summed E-state index contributed by atoms with van der Waals surface area (Å²) in [7, 11) is 0. The lowest BCUT2D eigenvalue weighted by molar-refractivity contribution is -0.139. The van der Waals surface area contributed by atoms with Gasteiger partial charge < -0.3 is 20.3 Å². The highest BCUT2D eigenvalue weighted by Gasteiger charge is 2.25. The molecule has 0 spiro atoms. The molecule has 0 aliphatic carbocycles. The van der Waals surface area contributed by atoms with E-state index in [2.05, 4.69) is 10.6 Å². The molecule has 2 aromatic rings. The molecule has 0 radical (unpaired) electrons. The van der Waals surface area contributed by atoms with Crippen molar-refractivity contribution in [2.24, 2.45) is 5.92 Å². The maximum Gasteiger partial charge on any atom is 0.415 e. The molecule has 0 saturated carbocycles. The highest BCUT2D eigenvalue weighted by molar-refractivity contribution is 6.35. The molecule has 1 aliphatic heterocycles.